The standard InChI is InChI=1S/C25H19N5O/c31-17-30(22-12-9-19(10-13-22)18-5-2-1-3-6-18)24-7-4-14-26-25(24)28-21-11-8-20-16-27-29-23(20)15-21/h1-17H,(H,26,28)(H,27,29). The van der Waals surface area contributed by atoms with E-state index in [0.29, 0.717) is 11.5 Å². The number of nitrogens with one attached hydrogen (secondary N) is 2. The zero-order valence-electron chi connectivity index (χ0n) is 16.6. The number of aromatic nitrogens is 3. The van der Waals surface area contributed by atoms with E-state index in [1.54, 1.807) is 17.3 Å². The van der Waals surface area contributed by atoms with E-state index in [1.807, 2.05) is 72.8 Å². The number of fused-ring (bicyclic) bond motifs is 1. The van der Waals surface area contributed by atoms with Crippen molar-refractivity contribution in [2.45, 2.75) is 0 Å². The summed E-state index contributed by atoms with van der Waals surface area (Å²) < 4.78 is 0. The van der Waals surface area contributed by atoms with Crippen molar-refractivity contribution in [1.82, 2.24) is 15.2 Å². The maximum absolute atomic E-state index is 12.1. The number of amides is 1. The van der Waals surface area contributed by atoms with Crippen molar-refractivity contribution in [2.75, 3.05) is 10.2 Å². The van der Waals surface area contributed by atoms with Crippen LogP contribution in [0.3, 0.4) is 0 Å². The smallest absolute Gasteiger partial charge is 0.218 e. The number of anilines is 4. The number of aromatic amines is 1. The maximum atomic E-state index is 12.1. The summed E-state index contributed by atoms with van der Waals surface area (Å²) in [6.07, 6.45) is 4.28. The van der Waals surface area contributed by atoms with E-state index >= 15 is 0 Å². The summed E-state index contributed by atoms with van der Waals surface area (Å²) in [5, 5.41) is 11.4. The molecule has 150 valence electrons. The highest BCUT2D eigenvalue weighted by molar-refractivity contribution is 5.92. The first-order valence-corrected chi connectivity index (χ1v) is 9.87. The third-order valence-corrected chi connectivity index (χ3v) is 5.11. The van der Waals surface area contributed by atoms with Crippen LogP contribution in [-0.4, -0.2) is 21.6 Å². The Labute approximate surface area is 179 Å². The summed E-state index contributed by atoms with van der Waals surface area (Å²) in [5.74, 6) is 0.584. The molecule has 0 saturated heterocycles. The van der Waals surface area contributed by atoms with E-state index in [4.69, 9.17) is 0 Å². The Hall–Kier alpha value is -4.45. The number of carbonyl (C=O) groups is 1. The molecule has 5 rings (SSSR count). The van der Waals surface area contributed by atoms with Gasteiger partial charge in [0.2, 0.25) is 6.41 Å². The molecular weight excluding hydrogens is 386 g/mol. The molecule has 0 fully saturated rings. The van der Waals surface area contributed by atoms with Crippen LogP contribution in [0.4, 0.5) is 22.9 Å². The van der Waals surface area contributed by atoms with Crippen LogP contribution in [0, 0.1) is 0 Å². The Bertz CT molecular complexity index is 1330. The molecule has 0 aliphatic heterocycles. The van der Waals surface area contributed by atoms with Crippen molar-refractivity contribution in [3.63, 3.8) is 0 Å². The van der Waals surface area contributed by atoms with Crippen molar-refractivity contribution in [3.05, 3.63) is 97.3 Å². The first-order valence-electron chi connectivity index (χ1n) is 9.87. The van der Waals surface area contributed by atoms with Crippen LogP contribution in [0.5, 0.6) is 0 Å². The predicted molar refractivity (Wildman–Crippen MR) is 124 cm³/mol. The van der Waals surface area contributed by atoms with Crippen LogP contribution in [0.15, 0.2) is 97.3 Å². The topological polar surface area (TPSA) is 73.9 Å². The molecule has 0 saturated carbocycles. The molecule has 2 aromatic heterocycles. The highest BCUT2D eigenvalue weighted by Gasteiger charge is 2.14. The van der Waals surface area contributed by atoms with Gasteiger partial charge in [0.05, 0.1) is 17.4 Å². The first-order chi connectivity index (χ1) is 15.3. The average Bonchev–Trinajstić information content (AvgIpc) is 3.30. The summed E-state index contributed by atoms with van der Waals surface area (Å²) >= 11 is 0. The predicted octanol–water partition coefficient (Wildman–Crippen LogP) is 5.66. The van der Waals surface area contributed by atoms with E-state index < -0.39 is 0 Å². The molecule has 31 heavy (non-hydrogen) atoms. The number of hydrogen-bond acceptors (Lipinski definition) is 4. The van der Waals surface area contributed by atoms with Gasteiger partial charge in [0.25, 0.3) is 0 Å². The van der Waals surface area contributed by atoms with Crippen LogP contribution in [0.2, 0.25) is 0 Å². The van der Waals surface area contributed by atoms with Crippen LogP contribution in [0.1, 0.15) is 0 Å². The molecule has 6 heteroatoms. The molecule has 2 N–H and O–H groups in total. The molecule has 0 unspecified atom stereocenters. The average molecular weight is 405 g/mol. The SMILES string of the molecule is O=CN(c1ccc(-c2ccccc2)cc1)c1cccnc1Nc1ccc2cn[nH]c2c1. The highest BCUT2D eigenvalue weighted by atomic mass is 16.1. The second kappa shape index (κ2) is 8.12. The van der Waals surface area contributed by atoms with Gasteiger partial charge < -0.3 is 5.32 Å². The van der Waals surface area contributed by atoms with E-state index in [-0.39, 0.29) is 0 Å². The molecule has 0 radical (unpaired) electrons. The first kappa shape index (κ1) is 18.6. The summed E-state index contributed by atoms with van der Waals surface area (Å²) in [6, 6.07) is 27.6. The molecule has 5 aromatic rings. The van der Waals surface area contributed by atoms with Crippen LogP contribution < -0.4 is 10.2 Å². The highest BCUT2D eigenvalue weighted by Crippen LogP contribution is 2.33. The largest absolute Gasteiger partial charge is 0.338 e. The van der Waals surface area contributed by atoms with E-state index in [9.17, 15) is 4.79 Å². The number of H-pyrrole nitrogens is 1. The molecular formula is C25H19N5O. The zero-order valence-corrected chi connectivity index (χ0v) is 16.6. The Balaban J connectivity index is 1.46. The third kappa shape index (κ3) is 3.74. The molecule has 0 bridgehead atoms. The lowest BCUT2D eigenvalue weighted by atomic mass is 10.1. The van der Waals surface area contributed by atoms with Gasteiger partial charge in [-0.25, -0.2) is 4.98 Å². The fourth-order valence-electron chi connectivity index (χ4n) is 3.54. The zero-order chi connectivity index (χ0) is 21.0. The lowest BCUT2D eigenvalue weighted by Crippen LogP contribution is -2.16. The minimum atomic E-state index is 0.584. The quantitative estimate of drug-likeness (QED) is 0.357. The Kier molecular flexibility index (Phi) is 4.86. The Morgan fingerprint density at radius 1 is 0.871 bits per heavy atom. The second-order valence-electron chi connectivity index (χ2n) is 7.06. The fraction of sp³-hybridized carbons (Fsp3) is 0. The Morgan fingerprint density at radius 2 is 1.68 bits per heavy atom. The normalized spacial score (nSPS) is 10.7. The minimum Gasteiger partial charge on any atom is -0.338 e. The number of carbonyl (C=O) groups excluding carboxylic acids is 1. The summed E-state index contributed by atoms with van der Waals surface area (Å²) in [6.45, 7) is 0. The lowest BCUT2D eigenvalue weighted by molar-refractivity contribution is -0.106. The van der Waals surface area contributed by atoms with Crippen molar-refractivity contribution in [3.8, 4) is 11.1 Å². The number of nitrogens with zero attached hydrogens (tertiary/aromatic N) is 3. The van der Waals surface area contributed by atoms with Gasteiger partial charge in [-0.15, -0.1) is 0 Å². The molecule has 0 aliphatic carbocycles. The number of benzene rings is 3. The van der Waals surface area contributed by atoms with Gasteiger partial charge >= 0.3 is 0 Å². The molecule has 1 amide bonds. The fourth-order valence-corrected chi connectivity index (χ4v) is 3.54. The summed E-state index contributed by atoms with van der Waals surface area (Å²) in [7, 11) is 0. The van der Waals surface area contributed by atoms with Gasteiger partial charge in [0.1, 0.15) is 0 Å². The number of hydrogen-bond donors (Lipinski definition) is 2. The van der Waals surface area contributed by atoms with Gasteiger partial charge in [0.15, 0.2) is 5.82 Å². The van der Waals surface area contributed by atoms with Gasteiger partial charge in [-0.05, 0) is 53.6 Å². The van der Waals surface area contributed by atoms with Gasteiger partial charge in [0, 0.05) is 23.0 Å². The minimum absolute atomic E-state index is 0.584. The number of pyridine rings is 1. The van der Waals surface area contributed by atoms with Gasteiger partial charge in [-0.2, -0.15) is 5.10 Å². The van der Waals surface area contributed by atoms with Crippen molar-refractivity contribution < 1.29 is 4.79 Å². The van der Waals surface area contributed by atoms with Gasteiger partial charge in [-0.3, -0.25) is 14.8 Å². The summed E-state index contributed by atoms with van der Waals surface area (Å²) in [5.41, 5.74) is 5.41. The van der Waals surface area contributed by atoms with Crippen LogP contribution in [0.25, 0.3) is 22.0 Å². The lowest BCUT2D eigenvalue weighted by Gasteiger charge is -2.21. The molecule has 2 heterocycles. The molecule has 3 aromatic carbocycles. The van der Waals surface area contributed by atoms with E-state index in [2.05, 4.69) is 32.6 Å². The van der Waals surface area contributed by atoms with Gasteiger partial charge in [-0.1, -0.05) is 42.5 Å². The van der Waals surface area contributed by atoms with Crippen molar-refractivity contribution in [1.29, 1.82) is 0 Å². The van der Waals surface area contributed by atoms with Crippen LogP contribution in [-0.2, 0) is 4.79 Å². The third-order valence-electron chi connectivity index (χ3n) is 5.11. The molecule has 0 aliphatic rings. The van der Waals surface area contributed by atoms with E-state index in [1.165, 1.54) is 0 Å². The van der Waals surface area contributed by atoms with E-state index in [0.717, 1.165) is 39.8 Å². The van der Waals surface area contributed by atoms with Crippen LogP contribution >= 0.6 is 0 Å². The number of rotatable bonds is 6. The maximum Gasteiger partial charge on any atom is 0.218 e. The molecule has 6 nitrogen and oxygen atoms in total. The Morgan fingerprint density at radius 3 is 2.48 bits per heavy atom. The summed E-state index contributed by atoms with van der Waals surface area (Å²) in [4.78, 5) is 18.1. The molecule has 0 spiro atoms. The van der Waals surface area contributed by atoms with Crippen molar-refractivity contribution in [2.24, 2.45) is 0 Å². The molecule has 0 atom stereocenters. The monoisotopic (exact) mass is 405 g/mol. The van der Waals surface area contributed by atoms with Crippen molar-refractivity contribution >= 4 is 40.2 Å². The second-order valence-corrected chi connectivity index (χ2v) is 7.06.